The lowest BCUT2D eigenvalue weighted by Crippen LogP contribution is -2.01. The largest absolute Gasteiger partial charge is 0.380 e. The van der Waals surface area contributed by atoms with Crippen molar-refractivity contribution in [2.24, 2.45) is 0 Å². The number of nitriles is 1. The summed E-state index contributed by atoms with van der Waals surface area (Å²) in [6, 6.07) is 13.1. The summed E-state index contributed by atoms with van der Waals surface area (Å²) in [7, 11) is 0. The third-order valence-electron chi connectivity index (χ3n) is 2.77. The molecule has 0 aliphatic carbocycles. The lowest BCUT2D eigenvalue weighted by molar-refractivity contribution is 1.14. The smallest absolute Gasteiger partial charge is 0.0992 e. The van der Waals surface area contributed by atoms with Crippen molar-refractivity contribution in [1.82, 2.24) is 0 Å². The molecule has 0 spiro atoms. The molecule has 2 aromatic rings. The Morgan fingerprint density at radius 2 is 1.89 bits per heavy atom. The molecule has 2 nitrogen and oxygen atoms in total. The Balaban J connectivity index is 2.16. The molecular weight excluding hydrogens is 279 g/mol. The molecular formula is C15H12Cl2N2. The van der Waals surface area contributed by atoms with E-state index in [1.807, 2.05) is 25.1 Å². The van der Waals surface area contributed by atoms with E-state index in [2.05, 4.69) is 11.4 Å². The predicted octanol–water partition coefficient (Wildman–Crippen LogP) is 4.79. The number of nitrogens with one attached hydrogen (secondary N) is 1. The zero-order valence-corrected chi connectivity index (χ0v) is 11.9. The highest BCUT2D eigenvalue weighted by molar-refractivity contribution is 6.33. The summed E-state index contributed by atoms with van der Waals surface area (Å²) >= 11 is 12.2. The second-order valence-electron chi connectivity index (χ2n) is 4.25. The average Bonchev–Trinajstić information content (AvgIpc) is 2.39. The Labute approximate surface area is 122 Å². The van der Waals surface area contributed by atoms with Crippen molar-refractivity contribution in [3.8, 4) is 6.07 Å². The average molecular weight is 291 g/mol. The van der Waals surface area contributed by atoms with Gasteiger partial charge in [0, 0.05) is 11.6 Å². The molecule has 0 saturated heterocycles. The van der Waals surface area contributed by atoms with Crippen molar-refractivity contribution in [3.05, 3.63) is 63.1 Å². The standard InChI is InChI=1S/C15H12Cl2N2/c1-10-2-4-12(14(17)6-10)9-19-15-7-11(8-18)3-5-13(15)16/h2-7,19H,9H2,1H3. The van der Waals surface area contributed by atoms with Crippen LogP contribution in [-0.4, -0.2) is 0 Å². The summed E-state index contributed by atoms with van der Waals surface area (Å²) < 4.78 is 0. The van der Waals surface area contributed by atoms with Crippen molar-refractivity contribution < 1.29 is 0 Å². The third kappa shape index (κ3) is 3.41. The summed E-state index contributed by atoms with van der Waals surface area (Å²) in [5, 5.41) is 13.4. The van der Waals surface area contributed by atoms with E-state index in [0.29, 0.717) is 17.1 Å². The Morgan fingerprint density at radius 3 is 2.58 bits per heavy atom. The van der Waals surface area contributed by atoms with Crippen molar-refractivity contribution >= 4 is 28.9 Å². The van der Waals surface area contributed by atoms with Gasteiger partial charge in [0.15, 0.2) is 0 Å². The molecule has 19 heavy (non-hydrogen) atoms. The van der Waals surface area contributed by atoms with E-state index in [-0.39, 0.29) is 0 Å². The molecule has 4 heteroatoms. The third-order valence-corrected chi connectivity index (χ3v) is 3.45. The van der Waals surface area contributed by atoms with Crippen molar-refractivity contribution in [2.45, 2.75) is 13.5 Å². The highest BCUT2D eigenvalue weighted by Crippen LogP contribution is 2.25. The van der Waals surface area contributed by atoms with Gasteiger partial charge in [0.25, 0.3) is 0 Å². The van der Waals surface area contributed by atoms with Crippen LogP contribution in [0.3, 0.4) is 0 Å². The molecule has 96 valence electrons. The number of halogens is 2. The maximum Gasteiger partial charge on any atom is 0.0992 e. The topological polar surface area (TPSA) is 35.8 Å². The van der Waals surface area contributed by atoms with Crippen LogP contribution in [0.25, 0.3) is 0 Å². The molecule has 0 heterocycles. The first-order chi connectivity index (χ1) is 9.10. The van der Waals surface area contributed by atoms with Crippen molar-refractivity contribution in [3.63, 3.8) is 0 Å². The number of anilines is 1. The summed E-state index contributed by atoms with van der Waals surface area (Å²) in [6.07, 6.45) is 0. The van der Waals surface area contributed by atoms with Crippen LogP contribution in [0.5, 0.6) is 0 Å². The van der Waals surface area contributed by atoms with Gasteiger partial charge in [0.05, 0.1) is 22.3 Å². The zero-order valence-electron chi connectivity index (χ0n) is 10.4. The maximum atomic E-state index is 8.87. The quantitative estimate of drug-likeness (QED) is 0.882. The normalized spacial score (nSPS) is 10.0. The SMILES string of the molecule is Cc1ccc(CNc2cc(C#N)ccc2Cl)c(Cl)c1. The van der Waals surface area contributed by atoms with Gasteiger partial charge in [-0.25, -0.2) is 0 Å². The molecule has 0 aromatic heterocycles. The van der Waals surface area contributed by atoms with Gasteiger partial charge in [0.2, 0.25) is 0 Å². The van der Waals surface area contributed by atoms with Gasteiger partial charge in [-0.05, 0) is 42.3 Å². The molecule has 0 aliphatic rings. The molecule has 0 fully saturated rings. The fourth-order valence-corrected chi connectivity index (χ4v) is 2.20. The van der Waals surface area contributed by atoms with Crippen LogP contribution in [0.2, 0.25) is 10.0 Å². The zero-order chi connectivity index (χ0) is 13.8. The van der Waals surface area contributed by atoms with Gasteiger partial charge in [-0.3, -0.25) is 0 Å². The second kappa shape index (κ2) is 5.97. The molecule has 0 radical (unpaired) electrons. The Bertz CT molecular complexity index is 645. The Kier molecular flexibility index (Phi) is 4.31. The number of benzene rings is 2. The van der Waals surface area contributed by atoms with E-state index >= 15 is 0 Å². The highest BCUT2D eigenvalue weighted by Gasteiger charge is 2.04. The molecule has 2 aromatic carbocycles. The number of nitrogens with zero attached hydrogens (tertiary/aromatic N) is 1. The second-order valence-corrected chi connectivity index (χ2v) is 5.07. The highest BCUT2D eigenvalue weighted by atomic mass is 35.5. The minimum Gasteiger partial charge on any atom is -0.380 e. The molecule has 0 bridgehead atoms. The Morgan fingerprint density at radius 1 is 1.11 bits per heavy atom. The van der Waals surface area contributed by atoms with Gasteiger partial charge < -0.3 is 5.32 Å². The summed E-state index contributed by atoms with van der Waals surface area (Å²) in [5.74, 6) is 0. The van der Waals surface area contributed by atoms with E-state index in [0.717, 1.165) is 21.8 Å². The minimum atomic E-state index is 0.563. The van der Waals surface area contributed by atoms with Crippen LogP contribution < -0.4 is 5.32 Å². The molecule has 0 atom stereocenters. The fourth-order valence-electron chi connectivity index (χ4n) is 1.72. The number of rotatable bonds is 3. The molecule has 0 aliphatic heterocycles. The molecule has 2 rings (SSSR count). The van der Waals surface area contributed by atoms with E-state index in [4.69, 9.17) is 28.5 Å². The summed E-state index contributed by atoms with van der Waals surface area (Å²) in [5.41, 5.74) is 3.42. The monoisotopic (exact) mass is 290 g/mol. The first kappa shape index (κ1) is 13.7. The maximum absolute atomic E-state index is 8.87. The number of hydrogen-bond acceptors (Lipinski definition) is 2. The predicted molar refractivity (Wildman–Crippen MR) is 79.7 cm³/mol. The van der Waals surface area contributed by atoms with Gasteiger partial charge in [-0.2, -0.15) is 5.26 Å². The van der Waals surface area contributed by atoms with Crippen LogP contribution in [0.4, 0.5) is 5.69 Å². The van der Waals surface area contributed by atoms with Crippen molar-refractivity contribution in [1.29, 1.82) is 5.26 Å². The Hall–Kier alpha value is -1.69. The number of hydrogen-bond donors (Lipinski definition) is 1. The van der Waals surface area contributed by atoms with Crippen LogP contribution in [0, 0.1) is 18.3 Å². The first-order valence-electron chi connectivity index (χ1n) is 5.78. The summed E-state index contributed by atoms with van der Waals surface area (Å²) in [6.45, 7) is 2.56. The van der Waals surface area contributed by atoms with E-state index in [9.17, 15) is 0 Å². The van der Waals surface area contributed by atoms with Gasteiger partial charge >= 0.3 is 0 Å². The van der Waals surface area contributed by atoms with Crippen molar-refractivity contribution in [2.75, 3.05) is 5.32 Å². The minimum absolute atomic E-state index is 0.563. The van der Waals surface area contributed by atoms with E-state index in [1.165, 1.54) is 0 Å². The van der Waals surface area contributed by atoms with Gasteiger partial charge in [0.1, 0.15) is 0 Å². The van der Waals surface area contributed by atoms with Crippen LogP contribution in [-0.2, 0) is 6.54 Å². The van der Waals surface area contributed by atoms with Gasteiger partial charge in [-0.15, -0.1) is 0 Å². The summed E-state index contributed by atoms with van der Waals surface area (Å²) in [4.78, 5) is 0. The molecule has 0 saturated carbocycles. The fraction of sp³-hybridized carbons (Fsp3) is 0.133. The van der Waals surface area contributed by atoms with Crippen LogP contribution >= 0.6 is 23.2 Å². The van der Waals surface area contributed by atoms with Crippen LogP contribution in [0.15, 0.2) is 36.4 Å². The first-order valence-corrected chi connectivity index (χ1v) is 6.54. The molecule has 0 amide bonds. The van der Waals surface area contributed by atoms with E-state index < -0.39 is 0 Å². The van der Waals surface area contributed by atoms with E-state index in [1.54, 1.807) is 18.2 Å². The number of aryl methyl sites for hydroxylation is 1. The molecule has 0 unspecified atom stereocenters. The lowest BCUT2D eigenvalue weighted by Gasteiger charge is -2.10. The van der Waals surface area contributed by atoms with Crippen LogP contribution in [0.1, 0.15) is 16.7 Å². The lowest BCUT2D eigenvalue weighted by atomic mass is 10.1. The van der Waals surface area contributed by atoms with Gasteiger partial charge in [-0.1, -0.05) is 35.3 Å². The molecule has 1 N–H and O–H groups in total.